The van der Waals surface area contributed by atoms with Crippen molar-refractivity contribution in [1.29, 1.82) is 0 Å². The number of aromatic nitrogens is 2. The summed E-state index contributed by atoms with van der Waals surface area (Å²) < 4.78 is 1.90. The maximum absolute atomic E-state index is 8.73. The first-order valence-corrected chi connectivity index (χ1v) is 3.48. The van der Waals surface area contributed by atoms with Crippen molar-refractivity contribution >= 4 is 6.08 Å². The van der Waals surface area contributed by atoms with Crippen molar-refractivity contribution in [2.24, 2.45) is 7.05 Å². The summed E-state index contributed by atoms with van der Waals surface area (Å²) in [4.78, 5) is 3.95. The number of imidazole rings is 1. The van der Waals surface area contributed by atoms with E-state index in [0.717, 1.165) is 11.3 Å². The third-order valence-electron chi connectivity index (χ3n) is 1.50. The number of hydrogen-bond donors (Lipinski definition) is 1. The molecule has 1 aromatic heterocycles. The van der Waals surface area contributed by atoms with Gasteiger partial charge in [-0.15, -0.1) is 0 Å². The zero-order valence-corrected chi connectivity index (χ0v) is 6.78. The quantitative estimate of drug-likeness (QED) is 0.681. The smallest absolute Gasteiger partial charge is 0.0948 e. The molecule has 0 fully saturated rings. The van der Waals surface area contributed by atoms with E-state index in [2.05, 4.69) is 4.98 Å². The Labute approximate surface area is 66.0 Å². The molecule has 0 saturated carbocycles. The fraction of sp³-hybridized carbons (Fsp3) is 0.375. The molecular formula is C8H12N2O. The Kier molecular flexibility index (Phi) is 2.44. The molecule has 0 aliphatic rings. The molecule has 1 heterocycles. The standard InChI is InChI=1S/C8H12N2O/c1-7(5-11)3-8-4-9-6-10(8)2/h3-4,6,11H,5H2,1-2H3. The zero-order chi connectivity index (χ0) is 8.27. The van der Waals surface area contributed by atoms with Crippen molar-refractivity contribution in [3.63, 3.8) is 0 Å². The van der Waals surface area contributed by atoms with Gasteiger partial charge in [0.1, 0.15) is 0 Å². The van der Waals surface area contributed by atoms with Gasteiger partial charge in [-0.2, -0.15) is 0 Å². The summed E-state index contributed by atoms with van der Waals surface area (Å²) in [5, 5.41) is 8.73. The van der Waals surface area contributed by atoms with E-state index in [1.807, 2.05) is 24.6 Å². The van der Waals surface area contributed by atoms with Crippen LogP contribution in [0.2, 0.25) is 0 Å². The van der Waals surface area contributed by atoms with Gasteiger partial charge in [-0.05, 0) is 18.6 Å². The van der Waals surface area contributed by atoms with Crippen molar-refractivity contribution in [2.45, 2.75) is 6.92 Å². The Morgan fingerprint density at radius 1 is 1.82 bits per heavy atom. The molecule has 3 heteroatoms. The van der Waals surface area contributed by atoms with Gasteiger partial charge in [0.15, 0.2) is 0 Å². The van der Waals surface area contributed by atoms with Crippen LogP contribution in [0.3, 0.4) is 0 Å². The van der Waals surface area contributed by atoms with Gasteiger partial charge in [0, 0.05) is 7.05 Å². The predicted molar refractivity (Wildman–Crippen MR) is 43.9 cm³/mol. The second kappa shape index (κ2) is 3.34. The summed E-state index contributed by atoms with van der Waals surface area (Å²) in [5.41, 5.74) is 1.95. The average Bonchev–Trinajstić information content (AvgIpc) is 2.37. The molecule has 0 saturated heterocycles. The lowest BCUT2D eigenvalue weighted by Crippen LogP contribution is -1.90. The molecule has 0 aliphatic carbocycles. The summed E-state index contributed by atoms with van der Waals surface area (Å²) in [6.45, 7) is 1.98. The second-order valence-corrected chi connectivity index (χ2v) is 2.58. The largest absolute Gasteiger partial charge is 0.392 e. The Hall–Kier alpha value is -1.09. The monoisotopic (exact) mass is 152 g/mol. The highest BCUT2D eigenvalue weighted by Gasteiger charge is 1.93. The molecule has 0 spiro atoms. The maximum atomic E-state index is 8.73. The number of nitrogens with zero attached hydrogens (tertiary/aromatic N) is 2. The van der Waals surface area contributed by atoms with Gasteiger partial charge in [0.2, 0.25) is 0 Å². The molecule has 3 nitrogen and oxygen atoms in total. The minimum Gasteiger partial charge on any atom is -0.392 e. The Morgan fingerprint density at radius 2 is 2.55 bits per heavy atom. The van der Waals surface area contributed by atoms with Gasteiger partial charge in [-0.3, -0.25) is 0 Å². The molecule has 1 aromatic rings. The van der Waals surface area contributed by atoms with Crippen LogP contribution in [-0.2, 0) is 7.05 Å². The predicted octanol–water partition coefficient (Wildman–Crippen LogP) is 0.816. The van der Waals surface area contributed by atoms with Crippen LogP contribution in [0.25, 0.3) is 6.08 Å². The third kappa shape index (κ3) is 1.91. The SMILES string of the molecule is CC(=Cc1cncn1C)CO. The molecule has 0 radical (unpaired) electrons. The van der Waals surface area contributed by atoms with Crippen LogP contribution >= 0.6 is 0 Å². The highest BCUT2D eigenvalue weighted by atomic mass is 16.3. The number of hydrogen-bond acceptors (Lipinski definition) is 2. The van der Waals surface area contributed by atoms with E-state index in [9.17, 15) is 0 Å². The number of aliphatic hydroxyl groups is 1. The van der Waals surface area contributed by atoms with Crippen molar-refractivity contribution in [3.05, 3.63) is 23.8 Å². The van der Waals surface area contributed by atoms with E-state index in [1.165, 1.54) is 0 Å². The van der Waals surface area contributed by atoms with E-state index in [-0.39, 0.29) is 6.61 Å². The lowest BCUT2D eigenvalue weighted by Gasteiger charge is -1.96. The van der Waals surface area contributed by atoms with E-state index in [1.54, 1.807) is 12.5 Å². The first-order chi connectivity index (χ1) is 5.24. The van der Waals surface area contributed by atoms with Crippen LogP contribution in [-0.4, -0.2) is 21.3 Å². The summed E-state index contributed by atoms with van der Waals surface area (Å²) in [7, 11) is 1.92. The van der Waals surface area contributed by atoms with Crippen molar-refractivity contribution in [1.82, 2.24) is 9.55 Å². The molecule has 60 valence electrons. The molecule has 0 aromatic carbocycles. The molecule has 0 unspecified atom stereocenters. The average molecular weight is 152 g/mol. The number of rotatable bonds is 2. The second-order valence-electron chi connectivity index (χ2n) is 2.58. The van der Waals surface area contributed by atoms with E-state index in [4.69, 9.17) is 5.11 Å². The Balaban J connectivity index is 2.86. The lowest BCUT2D eigenvalue weighted by molar-refractivity contribution is 0.332. The van der Waals surface area contributed by atoms with Crippen molar-refractivity contribution in [2.75, 3.05) is 6.61 Å². The topological polar surface area (TPSA) is 38.0 Å². The van der Waals surface area contributed by atoms with E-state index < -0.39 is 0 Å². The highest BCUT2D eigenvalue weighted by molar-refractivity contribution is 5.47. The third-order valence-corrected chi connectivity index (χ3v) is 1.50. The van der Waals surface area contributed by atoms with Gasteiger partial charge in [0.25, 0.3) is 0 Å². The zero-order valence-electron chi connectivity index (χ0n) is 6.78. The van der Waals surface area contributed by atoms with E-state index >= 15 is 0 Å². The van der Waals surface area contributed by atoms with Crippen molar-refractivity contribution in [3.8, 4) is 0 Å². The van der Waals surface area contributed by atoms with E-state index in [0.29, 0.717) is 0 Å². The molecule has 0 amide bonds. The fourth-order valence-electron chi connectivity index (χ4n) is 0.805. The van der Waals surface area contributed by atoms with Crippen LogP contribution in [0, 0.1) is 0 Å². The minimum absolute atomic E-state index is 0.102. The first kappa shape index (κ1) is 8.01. The number of aryl methyl sites for hydroxylation is 1. The molecule has 0 atom stereocenters. The Morgan fingerprint density at radius 3 is 3.00 bits per heavy atom. The lowest BCUT2D eigenvalue weighted by atomic mass is 10.2. The molecule has 11 heavy (non-hydrogen) atoms. The fourth-order valence-corrected chi connectivity index (χ4v) is 0.805. The van der Waals surface area contributed by atoms with Crippen LogP contribution in [0.15, 0.2) is 18.1 Å². The van der Waals surface area contributed by atoms with Crippen molar-refractivity contribution < 1.29 is 5.11 Å². The summed E-state index contributed by atoms with van der Waals surface area (Å²) in [6, 6.07) is 0. The summed E-state index contributed by atoms with van der Waals surface area (Å²) in [5.74, 6) is 0. The summed E-state index contributed by atoms with van der Waals surface area (Å²) >= 11 is 0. The van der Waals surface area contributed by atoms with Crippen LogP contribution < -0.4 is 0 Å². The Bertz CT molecular complexity index is 263. The van der Waals surface area contributed by atoms with Crippen LogP contribution in [0.4, 0.5) is 0 Å². The van der Waals surface area contributed by atoms with Crippen LogP contribution in [0.5, 0.6) is 0 Å². The molecule has 1 N–H and O–H groups in total. The van der Waals surface area contributed by atoms with Gasteiger partial charge in [-0.25, -0.2) is 4.98 Å². The molecule has 0 bridgehead atoms. The van der Waals surface area contributed by atoms with Gasteiger partial charge in [0.05, 0.1) is 24.8 Å². The highest BCUT2D eigenvalue weighted by Crippen LogP contribution is 2.03. The van der Waals surface area contributed by atoms with Gasteiger partial charge in [-0.1, -0.05) is 0 Å². The normalized spacial score (nSPS) is 12.1. The first-order valence-electron chi connectivity index (χ1n) is 3.48. The molecule has 0 aliphatic heterocycles. The number of aliphatic hydroxyl groups excluding tert-OH is 1. The van der Waals surface area contributed by atoms with Crippen LogP contribution in [0.1, 0.15) is 12.6 Å². The molecule has 1 rings (SSSR count). The molecular weight excluding hydrogens is 140 g/mol. The van der Waals surface area contributed by atoms with Gasteiger partial charge < -0.3 is 9.67 Å². The maximum Gasteiger partial charge on any atom is 0.0948 e. The van der Waals surface area contributed by atoms with Gasteiger partial charge >= 0.3 is 0 Å². The summed E-state index contributed by atoms with van der Waals surface area (Å²) in [6.07, 6.45) is 5.41. The minimum atomic E-state index is 0.102.